The van der Waals surface area contributed by atoms with Gasteiger partial charge < -0.3 is 5.32 Å². The third kappa shape index (κ3) is 4.46. The van der Waals surface area contributed by atoms with Crippen molar-refractivity contribution in [2.75, 3.05) is 19.6 Å². The Balaban J connectivity index is 1.72. The average Bonchev–Trinajstić information content (AvgIpc) is 2.37. The van der Waals surface area contributed by atoms with Gasteiger partial charge in [-0.15, -0.1) is 0 Å². The number of nitrogens with zero attached hydrogens (tertiary/aromatic N) is 1. The maximum Gasteiger partial charge on any atom is 0.0192 e. The fraction of sp³-hybridized carbons (Fsp3) is 1.00. The predicted molar refractivity (Wildman–Crippen MR) is 83.5 cm³/mol. The molecular weight excluding hydrogens is 232 g/mol. The molecule has 1 N–H and O–H groups in total. The van der Waals surface area contributed by atoms with Crippen molar-refractivity contribution in [3.05, 3.63) is 0 Å². The smallest absolute Gasteiger partial charge is 0.0192 e. The van der Waals surface area contributed by atoms with Gasteiger partial charge in [-0.1, -0.05) is 27.2 Å². The summed E-state index contributed by atoms with van der Waals surface area (Å²) in [6.45, 7) is 13.5. The van der Waals surface area contributed by atoms with Gasteiger partial charge in [0.2, 0.25) is 0 Å². The molecule has 1 aliphatic heterocycles. The Kier molecular flexibility index (Phi) is 5.30. The average molecular weight is 266 g/mol. The van der Waals surface area contributed by atoms with E-state index in [1.807, 2.05) is 0 Å². The molecule has 0 radical (unpaired) electrons. The molecule has 2 fully saturated rings. The molecule has 0 aromatic rings. The quantitative estimate of drug-likeness (QED) is 0.835. The summed E-state index contributed by atoms with van der Waals surface area (Å²) in [6.07, 6.45) is 8.36. The number of piperidine rings is 1. The third-order valence-corrected chi connectivity index (χ3v) is 5.38. The molecule has 1 aliphatic carbocycles. The second kappa shape index (κ2) is 6.58. The van der Waals surface area contributed by atoms with Gasteiger partial charge in [0.1, 0.15) is 0 Å². The SMILES string of the molecule is CC1CC(C)(C)CCC1NCC(C)N1CCCCC1. The second-order valence-corrected chi connectivity index (χ2v) is 7.84. The first kappa shape index (κ1) is 15.3. The van der Waals surface area contributed by atoms with Crippen LogP contribution in [0.15, 0.2) is 0 Å². The summed E-state index contributed by atoms with van der Waals surface area (Å²) in [4.78, 5) is 2.67. The third-order valence-electron chi connectivity index (χ3n) is 5.38. The molecule has 2 nitrogen and oxygen atoms in total. The molecule has 0 amide bonds. The molecule has 19 heavy (non-hydrogen) atoms. The van der Waals surface area contributed by atoms with Crippen LogP contribution in [0.2, 0.25) is 0 Å². The summed E-state index contributed by atoms with van der Waals surface area (Å²) in [5.74, 6) is 0.831. The topological polar surface area (TPSA) is 15.3 Å². The van der Waals surface area contributed by atoms with Crippen molar-refractivity contribution >= 4 is 0 Å². The zero-order chi connectivity index (χ0) is 13.9. The fourth-order valence-electron chi connectivity index (χ4n) is 4.06. The van der Waals surface area contributed by atoms with Gasteiger partial charge >= 0.3 is 0 Å². The summed E-state index contributed by atoms with van der Waals surface area (Å²) >= 11 is 0. The van der Waals surface area contributed by atoms with E-state index >= 15 is 0 Å². The lowest BCUT2D eigenvalue weighted by Crippen LogP contribution is -2.48. The largest absolute Gasteiger partial charge is 0.312 e. The second-order valence-electron chi connectivity index (χ2n) is 7.84. The first-order valence-electron chi connectivity index (χ1n) is 8.45. The van der Waals surface area contributed by atoms with Crippen LogP contribution in [0.4, 0.5) is 0 Å². The maximum atomic E-state index is 3.86. The van der Waals surface area contributed by atoms with Gasteiger partial charge in [0.15, 0.2) is 0 Å². The number of hydrogen-bond acceptors (Lipinski definition) is 2. The predicted octanol–water partition coefficient (Wildman–Crippen LogP) is 3.67. The van der Waals surface area contributed by atoms with E-state index in [2.05, 4.69) is 37.9 Å². The normalized spacial score (nSPS) is 34.1. The van der Waals surface area contributed by atoms with Crippen LogP contribution < -0.4 is 5.32 Å². The molecule has 3 unspecified atom stereocenters. The van der Waals surface area contributed by atoms with Crippen molar-refractivity contribution < 1.29 is 0 Å². The molecule has 0 aromatic heterocycles. The monoisotopic (exact) mass is 266 g/mol. The Morgan fingerprint density at radius 1 is 1.21 bits per heavy atom. The van der Waals surface area contributed by atoms with Crippen LogP contribution in [0.3, 0.4) is 0 Å². The first-order chi connectivity index (χ1) is 8.98. The van der Waals surface area contributed by atoms with Crippen LogP contribution in [0, 0.1) is 11.3 Å². The summed E-state index contributed by atoms with van der Waals surface area (Å²) in [7, 11) is 0. The Bertz CT molecular complexity index is 268. The number of nitrogens with one attached hydrogen (secondary N) is 1. The van der Waals surface area contributed by atoms with Crippen LogP contribution in [0.25, 0.3) is 0 Å². The molecule has 2 rings (SSSR count). The first-order valence-corrected chi connectivity index (χ1v) is 8.45. The van der Waals surface area contributed by atoms with E-state index in [1.165, 1.54) is 58.2 Å². The lowest BCUT2D eigenvalue weighted by atomic mass is 9.70. The Labute approximate surface area is 120 Å². The molecule has 1 heterocycles. The highest BCUT2D eigenvalue weighted by atomic mass is 15.2. The van der Waals surface area contributed by atoms with Crippen LogP contribution in [-0.4, -0.2) is 36.6 Å². The highest BCUT2D eigenvalue weighted by molar-refractivity contribution is 4.87. The minimum absolute atomic E-state index is 0.566. The van der Waals surface area contributed by atoms with Gasteiger partial charge in [0, 0.05) is 18.6 Å². The molecule has 2 aliphatic rings. The molecule has 2 heteroatoms. The van der Waals surface area contributed by atoms with E-state index < -0.39 is 0 Å². The Morgan fingerprint density at radius 2 is 1.89 bits per heavy atom. The van der Waals surface area contributed by atoms with Crippen molar-refractivity contribution in [1.82, 2.24) is 10.2 Å². The highest BCUT2D eigenvalue weighted by Crippen LogP contribution is 2.38. The number of likely N-dealkylation sites (tertiary alicyclic amines) is 1. The Hall–Kier alpha value is -0.0800. The molecular formula is C17H34N2. The molecule has 112 valence electrons. The maximum absolute atomic E-state index is 3.86. The minimum atomic E-state index is 0.566. The molecule has 0 aromatic carbocycles. The molecule has 1 saturated heterocycles. The molecule has 3 atom stereocenters. The van der Waals surface area contributed by atoms with Gasteiger partial charge in [0.05, 0.1) is 0 Å². The number of rotatable bonds is 4. The summed E-state index contributed by atoms with van der Waals surface area (Å²) in [5.41, 5.74) is 0.566. The lowest BCUT2D eigenvalue weighted by Gasteiger charge is -2.41. The van der Waals surface area contributed by atoms with E-state index in [4.69, 9.17) is 0 Å². The summed E-state index contributed by atoms with van der Waals surface area (Å²) in [5, 5.41) is 3.86. The van der Waals surface area contributed by atoms with E-state index in [9.17, 15) is 0 Å². The van der Waals surface area contributed by atoms with Crippen LogP contribution in [0.1, 0.15) is 66.2 Å². The van der Waals surface area contributed by atoms with Crippen molar-refractivity contribution in [3.63, 3.8) is 0 Å². The van der Waals surface area contributed by atoms with E-state index in [0.29, 0.717) is 11.5 Å². The lowest BCUT2D eigenvalue weighted by molar-refractivity contribution is 0.129. The van der Waals surface area contributed by atoms with Crippen LogP contribution >= 0.6 is 0 Å². The molecule has 0 spiro atoms. The summed E-state index contributed by atoms with van der Waals surface area (Å²) < 4.78 is 0. The van der Waals surface area contributed by atoms with Gasteiger partial charge in [-0.25, -0.2) is 0 Å². The number of hydrogen-bond donors (Lipinski definition) is 1. The summed E-state index contributed by atoms with van der Waals surface area (Å²) in [6, 6.07) is 1.46. The molecule has 1 saturated carbocycles. The minimum Gasteiger partial charge on any atom is -0.312 e. The molecule has 0 bridgehead atoms. The van der Waals surface area contributed by atoms with Crippen molar-refractivity contribution in [3.8, 4) is 0 Å². The van der Waals surface area contributed by atoms with E-state index in [0.717, 1.165) is 12.0 Å². The van der Waals surface area contributed by atoms with Crippen LogP contribution in [-0.2, 0) is 0 Å². The van der Waals surface area contributed by atoms with Gasteiger partial charge in [-0.05, 0) is 63.5 Å². The van der Waals surface area contributed by atoms with E-state index in [1.54, 1.807) is 0 Å². The van der Waals surface area contributed by atoms with E-state index in [-0.39, 0.29) is 0 Å². The highest BCUT2D eigenvalue weighted by Gasteiger charge is 2.32. The zero-order valence-electron chi connectivity index (χ0n) is 13.5. The van der Waals surface area contributed by atoms with Crippen LogP contribution in [0.5, 0.6) is 0 Å². The van der Waals surface area contributed by atoms with Crippen molar-refractivity contribution in [2.24, 2.45) is 11.3 Å². The fourth-order valence-corrected chi connectivity index (χ4v) is 4.06. The zero-order valence-corrected chi connectivity index (χ0v) is 13.5. The van der Waals surface area contributed by atoms with Gasteiger partial charge in [0.25, 0.3) is 0 Å². The van der Waals surface area contributed by atoms with Crippen molar-refractivity contribution in [1.29, 1.82) is 0 Å². The standard InChI is InChI=1S/C17H34N2/c1-14-12-17(3,4)9-8-16(14)18-13-15(2)19-10-6-5-7-11-19/h14-16,18H,5-13H2,1-4H3. The van der Waals surface area contributed by atoms with Crippen molar-refractivity contribution in [2.45, 2.75) is 78.3 Å². The van der Waals surface area contributed by atoms with Gasteiger partial charge in [-0.3, -0.25) is 4.90 Å². The van der Waals surface area contributed by atoms with Gasteiger partial charge in [-0.2, -0.15) is 0 Å². The Morgan fingerprint density at radius 3 is 2.53 bits per heavy atom.